The first-order chi connectivity index (χ1) is 7.31. The van der Waals surface area contributed by atoms with E-state index in [0.29, 0.717) is 11.8 Å². The monoisotopic (exact) mass is 236 g/mol. The predicted molar refractivity (Wildman–Crippen MR) is 71.2 cm³/mol. The first kappa shape index (κ1) is 12.0. The zero-order valence-corrected chi connectivity index (χ0v) is 11.7. The van der Waals surface area contributed by atoms with E-state index in [1.54, 1.807) is 0 Å². The number of fused-ring (bicyclic) bond motifs is 1. The van der Waals surface area contributed by atoms with Crippen LogP contribution in [-0.2, 0) is 16.7 Å². The Balaban J connectivity index is 2.65. The van der Waals surface area contributed by atoms with E-state index in [9.17, 15) is 0 Å². The molecular weight excluding hydrogens is 216 g/mol. The highest BCUT2D eigenvalue weighted by molar-refractivity contribution is 6.17. The van der Waals surface area contributed by atoms with Crippen molar-refractivity contribution >= 4 is 11.6 Å². The van der Waals surface area contributed by atoms with Crippen molar-refractivity contribution in [2.75, 3.05) is 0 Å². The fourth-order valence-corrected chi connectivity index (χ4v) is 3.30. The maximum Gasteiger partial charge on any atom is 0.0474 e. The molecule has 0 amide bonds. The molecule has 0 aliphatic heterocycles. The first-order valence-corrected chi connectivity index (χ1v) is 6.55. The van der Waals surface area contributed by atoms with Gasteiger partial charge in [-0.3, -0.25) is 0 Å². The maximum atomic E-state index is 5.93. The van der Waals surface area contributed by atoms with Gasteiger partial charge in [-0.1, -0.05) is 52.8 Å². The summed E-state index contributed by atoms with van der Waals surface area (Å²) < 4.78 is 0. The lowest BCUT2D eigenvalue weighted by Gasteiger charge is -2.32. The van der Waals surface area contributed by atoms with E-state index in [-0.39, 0.29) is 10.8 Å². The third-order valence-corrected chi connectivity index (χ3v) is 5.10. The largest absolute Gasteiger partial charge is 0.122 e. The van der Waals surface area contributed by atoms with Gasteiger partial charge in [0.15, 0.2) is 0 Å². The van der Waals surface area contributed by atoms with E-state index in [2.05, 4.69) is 52.8 Å². The Morgan fingerprint density at radius 2 is 1.62 bits per heavy atom. The second-order valence-corrected chi connectivity index (χ2v) is 6.45. The van der Waals surface area contributed by atoms with Crippen molar-refractivity contribution in [2.45, 2.75) is 51.3 Å². The molecule has 1 atom stereocenters. The number of hydrogen-bond acceptors (Lipinski definition) is 0. The van der Waals surface area contributed by atoms with E-state index in [0.717, 1.165) is 0 Å². The summed E-state index contributed by atoms with van der Waals surface area (Å²) in [6.45, 7) is 11.8. The smallest absolute Gasteiger partial charge is 0.0474 e. The van der Waals surface area contributed by atoms with Crippen molar-refractivity contribution in [3.8, 4) is 0 Å². The molecule has 0 saturated heterocycles. The summed E-state index contributed by atoms with van der Waals surface area (Å²) in [7, 11) is 0. The van der Waals surface area contributed by atoms with Gasteiger partial charge in [0.05, 0.1) is 0 Å². The molecule has 88 valence electrons. The number of benzene rings is 1. The number of rotatable bonds is 1. The minimum absolute atomic E-state index is 0.251. The molecule has 0 saturated carbocycles. The summed E-state index contributed by atoms with van der Waals surface area (Å²) in [5.74, 6) is 1.26. The summed E-state index contributed by atoms with van der Waals surface area (Å²) in [5.41, 5.74) is 4.74. The van der Waals surface area contributed by atoms with Crippen molar-refractivity contribution in [1.82, 2.24) is 0 Å². The van der Waals surface area contributed by atoms with Crippen LogP contribution in [0.5, 0.6) is 0 Å². The van der Waals surface area contributed by atoms with Crippen LogP contribution in [0.4, 0.5) is 0 Å². The molecule has 2 rings (SSSR count). The van der Waals surface area contributed by atoms with Crippen molar-refractivity contribution < 1.29 is 0 Å². The van der Waals surface area contributed by atoms with Gasteiger partial charge in [-0.25, -0.2) is 0 Å². The molecule has 0 radical (unpaired) electrons. The van der Waals surface area contributed by atoms with Gasteiger partial charge >= 0.3 is 0 Å². The van der Waals surface area contributed by atoms with Crippen molar-refractivity contribution in [1.29, 1.82) is 0 Å². The quantitative estimate of drug-likeness (QED) is 0.624. The fraction of sp³-hybridized carbons (Fsp3) is 0.600. The van der Waals surface area contributed by atoms with Crippen LogP contribution < -0.4 is 0 Å². The van der Waals surface area contributed by atoms with Gasteiger partial charge in [0.2, 0.25) is 0 Å². The molecule has 1 unspecified atom stereocenters. The normalized spacial score (nSPS) is 25.5. The molecule has 1 aromatic rings. The van der Waals surface area contributed by atoms with Crippen LogP contribution in [0.3, 0.4) is 0 Å². The van der Waals surface area contributed by atoms with Gasteiger partial charge in [0.1, 0.15) is 0 Å². The van der Waals surface area contributed by atoms with Gasteiger partial charge < -0.3 is 0 Å². The average molecular weight is 237 g/mol. The van der Waals surface area contributed by atoms with Crippen LogP contribution >= 0.6 is 11.6 Å². The third kappa shape index (κ3) is 1.43. The van der Waals surface area contributed by atoms with E-state index in [4.69, 9.17) is 11.6 Å². The summed E-state index contributed by atoms with van der Waals surface area (Å²) in [6.07, 6.45) is 0. The topological polar surface area (TPSA) is 0 Å². The molecule has 0 bridgehead atoms. The van der Waals surface area contributed by atoms with Crippen LogP contribution in [0.1, 0.15) is 51.3 Å². The van der Waals surface area contributed by atoms with Crippen molar-refractivity contribution in [3.63, 3.8) is 0 Å². The van der Waals surface area contributed by atoms with Gasteiger partial charge in [0, 0.05) is 5.88 Å². The lowest BCUT2D eigenvalue weighted by Crippen LogP contribution is -2.30. The minimum atomic E-state index is 0.251. The molecule has 0 aromatic heterocycles. The van der Waals surface area contributed by atoms with Crippen molar-refractivity contribution in [3.05, 3.63) is 34.9 Å². The number of hydrogen-bond donors (Lipinski definition) is 0. The van der Waals surface area contributed by atoms with E-state index >= 15 is 0 Å². The Bertz CT molecular complexity index is 415. The Morgan fingerprint density at radius 3 is 2.19 bits per heavy atom. The van der Waals surface area contributed by atoms with E-state index in [1.165, 1.54) is 16.7 Å². The van der Waals surface area contributed by atoms with Gasteiger partial charge in [-0.15, -0.1) is 11.6 Å². The van der Waals surface area contributed by atoms with Gasteiger partial charge in [-0.2, -0.15) is 0 Å². The van der Waals surface area contributed by atoms with E-state index in [1.807, 2.05) is 0 Å². The molecule has 0 fully saturated rings. The van der Waals surface area contributed by atoms with E-state index < -0.39 is 0 Å². The van der Waals surface area contributed by atoms with Crippen LogP contribution in [0.15, 0.2) is 18.2 Å². The van der Waals surface area contributed by atoms with Crippen LogP contribution in [0, 0.1) is 5.92 Å². The molecular formula is C15H21Cl. The maximum absolute atomic E-state index is 5.93. The standard InChI is InChI=1S/C15H21Cl/c1-10-14(2,3)12-7-6-11(9-16)8-13(12)15(10,4)5/h6-8,10H,9H2,1-5H3. The third-order valence-electron chi connectivity index (χ3n) is 4.79. The SMILES string of the molecule is CC1C(C)(C)c2ccc(CCl)cc2C1(C)C. The molecule has 1 aliphatic carbocycles. The highest BCUT2D eigenvalue weighted by Crippen LogP contribution is 2.53. The molecule has 0 N–H and O–H groups in total. The first-order valence-electron chi connectivity index (χ1n) is 6.01. The lowest BCUT2D eigenvalue weighted by atomic mass is 9.71. The molecule has 0 nitrogen and oxygen atoms in total. The minimum Gasteiger partial charge on any atom is -0.122 e. The predicted octanol–water partition coefficient (Wildman–Crippen LogP) is 4.63. The zero-order chi connectivity index (χ0) is 12.1. The second-order valence-electron chi connectivity index (χ2n) is 6.18. The lowest BCUT2D eigenvalue weighted by molar-refractivity contribution is 0.264. The highest BCUT2D eigenvalue weighted by atomic mass is 35.5. The average Bonchev–Trinajstić information content (AvgIpc) is 2.38. The van der Waals surface area contributed by atoms with Crippen LogP contribution in [-0.4, -0.2) is 0 Å². The summed E-state index contributed by atoms with van der Waals surface area (Å²) in [6, 6.07) is 6.74. The molecule has 0 heterocycles. The van der Waals surface area contributed by atoms with Crippen LogP contribution in [0.25, 0.3) is 0 Å². The summed E-state index contributed by atoms with van der Waals surface area (Å²) in [4.78, 5) is 0. The molecule has 0 spiro atoms. The Labute approximate surface area is 104 Å². The molecule has 1 aromatic carbocycles. The summed E-state index contributed by atoms with van der Waals surface area (Å²) in [5, 5.41) is 0. The van der Waals surface area contributed by atoms with Gasteiger partial charge in [-0.05, 0) is 33.4 Å². The highest BCUT2D eigenvalue weighted by Gasteiger charge is 2.48. The Kier molecular flexibility index (Phi) is 2.62. The number of alkyl halides is 1. The molecule has 16 heavy (non-hydrogen) atoms. The van der Waals surface area contributed by atoms with Gasteiger partial charge in [0.25, 0.3) is 0 Å². The summed E-state index contributed by atoms with van der Waals surface area (Å²) >= 11 is 5.93. The second kappa shape index (κ2) is 3.50. The Hall–Kier alpha value is -0.490. The zero-order valence-electron chi connectivity index (χ0n) is 10.9. The molecule has 1 heteroatoms. The number of halogens is 1. The molecule has 1 aliphatic rings. The Morgan fingerprint density at radius 1 is 1.06 bits per heavy atom. The van der Waals surface area contributed by atoms with Crippen molar-refractivity contribution in [2.24, 2.45) is 5.92 Å². The van der Waals surface area contributed by atoms with Crippen LogP contribution in [0.2, 0.25) is 0 Å². The fourth-order valence-electron chi connectivity index (χ4n) is 3.14.